The first-order valence-electron chi connectivity index (χ1n) is 11.2. The number of allylic oxidation sites excluding steroid dienone is 5. The molecule has 0 radical (unpaired) electrons. The summed E-state index contributed by atoms with van der Waals surface area (Å²) in [6, 6.07) is 0. The molecule has 2 saturated carbocycles. The molecule has 0 heteroatoms. The molecule has 25 heavy (non-hydrogen) atoms. The summed E-state index contributed by atoms with van der Waals surface area (Å²) in [4.78, 5) is 0. The third-order valence-corrected chi connectivity index (χ3v) is 6.76. The predicted molar refractivity (Wildman–Crippen MR) is 113 cm³/mol. The van der Waals surface area contributed by atoms with Crippen LogP contribution in [0.3, 0.4) is 0 Å². The second-order valence-electron chi connectivity index (χ2n) is 8.69. The van der Waals surface area contributed by atoms with Gasteiger partial charge in [-0.05, 0) is 94.8 Å². The van der Waals surface area contributed by atoms with Crippen molar-refractivity contribution in [2.24, 2.45) is 23.7 Å². The Morgan fingerprint density at radius 2 is 1.16 bits per heavy atom. The molecule has 0 saturated heterocycles. The van der Waals surface area contributed by atoms with Gasteiger partial charge in [-0.1, -0.05) is 56.1 Å². The molecule has 0 N–H and O–H groups in total. The molecule has 2 rings (SSSR count). The molecule has 2 aliphatic carbocycles. The lowest BCUT2D eigenvalue weighted by Gasteiger charge is -2.28. The quantitative estimate of drug-likeness (QED) is 0.350. The molecule has 0 bridgehead atoms. The van der Waals surface area contributed by atoms with Crippen molar-refractivity contribution in [1.82, 2.24) is 0 Å². The zero-order chi connectivity index (χ0) is 17.7. The summed E-state index contributed by atoms with van der Waals surface area (Å²) < 4.78 is 0. The normalized spacial score (nSPS) is 30.9. The Balaban J connectivity index is 1.52. The fraction of sp³-hybridized carbons (Fsp3) is 0.760. The van der Waals surface area contributed by atoms with Crippen LogP contribution in [0, 0.1) is 23.7 Å². The zero-order valence-electron chi connectivity index (χ0n) is 16.8. The minimum absolute atomic E-state index is 0.882. The number of hydrogen-bond acceptors (Lipinski definition) is 0. The van der Waals surface area contributed by atoms with E-state index in [1.807, 2.05) is 0 Å². The molecule has 2 aliphatic rings. The monoisotopic (exact) mass is 342 g/mol. The van der Waals surface area contributed by atoms with Gasteiger partial charge in [0.2, 0.25) is 0 Å². The van der Waals surface area contributed by atoms with Gasteiger partial charge in [0.25, 0.3) is 0 Å². The van der Waals surface area contributed by atoms with E-state index in [4.69, 9.17) is 0 Å². The molecule has 0 spiro atoms. The van der Waals surface area contributed by atoms with Crippen molar-refractivity contribution in [2.75, 3.05) is 0 Å². The van der Waals surface area contributed by atoms with Gasteiger partial charge in [0.1, 0.15) is 0 Å². The van der Waals surface area contributed by atoms with Gasteiger partial charge in [0.15, 0.2) is 0 Å². The van der Waals surface area contributed by atoms with E-state index in [9.17, 15) is 0 Å². The highest BCUT2D eigenvalue weighted by Gasteiger charge is 2.20. The maximum atomic E-state index is 3.86. The zero-order valence-corrected chi connectivity index (χ0v) is 16.8. The molecule has 0 unspecified atom stereocenters. The van der Waals surface area contributed by atoms with E-state index in [1.165, 1.54) is 89.9 Å². The fourth-order valence-corrected chi connectivity index (χ4v) is 4.95. The average molecular weight is 343 g/mol. The second kappa shape index (κ2) is 12.6. The van der Waals surface area contributed by atoms with Crippen LogP contribution in [0.2, 0.25) is 0 Å². The van der Waals surface area contributed by atoms with Crippen molar-refractivity contribution >= 4 is 0 Å². The van der Waals surface area contributed by atoms with Crippen LogP contribution >= 0.6 is 0 Å². The summed E-state index contributed by atoms with van der Waals surface area (Å²) in [6.45, 7) is 5.99. The molecular weight excluding hydrogens is 300 g/mol. The van der Waals surface area contributed by atoms with E-state index >= 15 is 0 Å². The Morgan fingerprint density at radius 3 is 1.68 bits per heavy atom. The van der Waals surface area contributed by atoms with E-state index in [-0.39, 0.29) is 0 Å². The van der Waals surface area contributed by atoms with Crippen molar-refractivity contribution in [3.63, 3.8) is 0 Å². The predicted octanol–water partition coefficient (Wildman–Crippen LogP) is 8.26. The van der Waals surface area contributed by atoms with E-state index in [0.717, 1.165) is 23.7 Å². The largest absolute Gasteiger partial charge is 0.103 e. The lowest BCUT2D eigenvalue weighted by atomic mass is 9.78. The molecular formula is C25H42. The van der Waals surface area contributed by atoms with Crippen molar-refractivity contribution in [1.29, 1.82) is 0 Å². The lowest BCUT2D eigenvalue weighted by molar-refractivity contribution is 0.255. The Hall–Kier alpha value is -0.780. The van der Waals surface area contributed by atoms with Gasteiger partial charge in [0.05, 0.1) is 0 Å². The minimum atomic E-state index is 0.882. The maximum Gasteiger partial charge on any atom is -0.0233 e. The van der Waals surface area contributed by atoms with Gasteiger partial charge in [-0.2, -0.15) is 0 Å². The molecule has 2 fully saturated rings. The first-order valence-corrected chi connectivity index (χ1v) is 11.2. The molecule has 0 nitrogen and oxygen atoms in total. The van der Waals surface area contributed by atoms with Gasteiger partial charge in [-0.15, -0.1) is 6.58 Å². The van der Waals surface area contributed by atoms with Crippen molar-refractivity contribution < 1.29 is 0 Å². The topological polar surface area (TPSA) is 0 Å². The van der Waals surface area contributed by atoms with Crippen LogP contribution < -0.4 is 0 Å². The summed E-state index contributed by atoms with van der Waals surface area (Å²) in [7, 11) is 0. The van der Waals surface area contributed by atoms with E-state index < -0.39 is 0 Å². The van der Waals surface area contributed by atoms with Crippen LogP contribution in [0.15, 0.2) is 37.0 Å². The summed E-state index contributed by atoms with van der Waals surface area (Å²) in [5.74, 6) is 3.88. The molecule has 0 amide bonds. The molecule has 0 aromatic heterocycles. The van der Waals surface area contributed by atoms with Gasteiger partial charge in [-0.3, -0.25) is 0 Å². The van der Waals surface area contributed by atoms with Gasteiger partial charge in [0, 0.05) is 0 Å². The standard InChI is InChI=1S/C25H42/c1-3-5-7-11-23-18-20-25(21-19-23)13-9-8-12-24-16-14-22(15-17-24)10-6-4-2/h3-5,9,13,22-25H,2,6-8,10-12,14-21H2,1H3/b5-3+,13-9+. The lowest BCUT2D eigenvalue weighted by Crippen LogP contribution is -2.14. The van der Waals surface area contributed by atoms with Crippen molar-refractivity contribution in [3.05, 3.63) is 37.0 Å². The van der Waals surface area contributed by atoms with Gasteiger partial charge >= 0.3 is 0 Å². The Bertz CT molecular complexity index is 386. The summed E-state index contributed by atoms with van der Waals surface area (Å²) in [5, 5.41) is 0. The van der Waals surface area contributed by atoms with Crippen LogP contribution in [-0.4, -0.2) is 0 Å². The van der Waals surface area contributed by atoms with Crippen LogP contribution in [0.25, 0.3) is 0 Å². The average Bonchev–Trinajstić information content (AvgIpc) is 2.66. The van der Waals surface area contributed by atoms with Gasteiger partial charge < -0.3 is 0 Å². The van der Waals surface area contributed by atoms with Crippen molar-refractivity contribution in [2.45, 2.75) is 96.8 Å². The molecule has 0 heterocycles. The molecule has 0 aromatic carbocycles. The maximum absolute atomic E-state index is 3.86. The smallest absolute Gasteiger partial charge is 0.0233 e. The molecule has 0 atom stereocenters. The second-order valence-corrected chi connectivity index (χ2v) is 8.69. The highest BCUT2D eigenvalue weighted by molar-refractivity contribution is 4.92. The summed E-state index contributed by atoms with van der Waals surface area (Å²) >= 11 is 0. The first-order chi connectivity index (χ1) is 12.3. The van der Waals surface area contributed by atoms with Crippen LogP contribution in [0.5, 0.6) is 0 Å². The Labute approximate surface area is 157 Å². The van der Waals surface area contributed by atoms with Gasteiger partial charge in [-0.25, -0.2) is 0 Å². The SMILES string of the molecule is C=CCCC1CCC(CC/C=C/C2CCC(CC/C=C/C)CC2)CC1. The summed E-state index contributed by atoms with van der Waals surface area (Å²) in [5.41, 5.74) is 0. The minimum Gasteiger partial charge on any atom is -0.103 e. The number of hydrogen-bond donors (Lipinski definition) is 0. The van der Waals surface area contributed by atoms with E-state index in [1.54, 1.807) is 0 Å². The van der Waals surface area contributed by atoms with Crippen LogP contribution in [0.4, 0.5) is 0 Å². The molecule has 0 aromatic rings. The van der Waals surface area contributed by atoms with E-state index in [2.05, 4.69) is 43.9 Å². The van der Waals surface area contributed by atoms with Crippen LogP contribution in [-0.2, 0) is 0 Å². The first kappa shape index (κ1) is 20.5. The fourth-order valence-electron chi connectivity index (χ4n) is 4.95. The molecule has 0 aliphatic heterocycles. The van der Waals surface area contributed by atoms with E-state index in [0.29, 0.717) is 0 Å². The number of rotatable bonds is 10. The molecule has 142 valence electrons. The third kappa shape index (κ3) is 8.43. The highest BCUT2D eigenvalue weighted by Crippen LogP contribution is 2.35. The van der Waals surface area contributed by atoms with Crippen LogP contribution in [0.1, 0.15) is 96.8 Å². The Kier molecular flexibility index (Phi) is 10.3. The Morgan fingerprint density at radius 1 is 0.680 bits per heavy atom. The highest BCUT2D eigenvalue weighted by atomic mass is 14.3. The van der Waals surface area contributed by atoms with Crippen molar-refractivity contribution in [3.8, 4) is 0 Å². The summed E-state index contributed by atoms with van der Waals surface area (Å²) in [6.07, 6.45) is 31.5. The third-order valence-electron chi connectivity index (χ3n) is 6.76.